The topological polar surface area (TPSA) is 35.0 Å². The maximum Gasteiger partial charge on any atom is 0.225 e. The maximum atomic E-state index is 6.21. The van der Waals surface area contributed by atoms with Crippen molar-refractivity contribution in [3.8, 4) is 5.88 Å². The molecule has 0 bridgehead atoms. The Morgan fingerprint density at radius 1 is 1.09 bits per heavy atom. The van der Waals surface area contributed by atoms with Crippen molar-refractivity contribution in [3.63, 3.8) is 0 Å². The van der Waals surface area contributed by atoms with Gasteiger partial charge in [-0.1, -0.05) is 29.3 Å². The molecule has 0 radical (unpaired) electrons. The Kier molecular flexibility index (Phi) is 4.14. The van der Waals surface area contributed by atoms with Crippen LogP contribution in [-0.2, 0) is 19.4 Å². The van der Waals surface area contributed by atoms with Crippen LogP contribution in [0.25, 0.3) is 10.2 Å². The van der Waals surface area contributed by atoms with E-state index in [1.54, 1.807) is 17.7 Å². The first-order chi connectivity index (χ1) is 11.2. The predicted octanol–water partition coefficient (Wildman–Crippen LogP) is 5.46. The van der Waals surface area contributed by atoms with E-state index in [1.807, 2.05) is 18.2 Å². The van der Waals surface area contributed by atoms with Crippen molar-refractivity contribution in [1.82, 2.24) is 9.97 Å². The molecule has 3 nitrogen and oxygen atoms in total. The Balaban J connectivity index is 1.71. The van der Waals surface area contributed by atoms with E-state index in [4.69, 9.17) is 27.9 Å². The summed E-state index contributed by atoms with van der Waals surface area (Å²) in [6, 6.07) is 5.45. The number of nitrogens with zero attached hydrogens (tertiary/aromatic N) is 2. The quantitative estimate of drug-likeness (QED) is 0.619. The highest BCUT2D eigenvalue weighted by Gasteiger charge is 2.20. The molecule has 1 aliphatic carbocycles. The molecule has 3 aromatic rings. The second-order valence-corrected chi connectivity index (χ2v) is 7.46. The van der Waals surface area contributed by atoms with E-state index in [0.29, 0.717) is 22.5 Å². The van der Waals surface area contributed by atoms with E-state index in [-0.39, 0.29) is 0 Å². The van der Waals surface area contributed by atoms with Gasteiger partial charge >= 0.3 is 0 Å². The fourth-order valence-corrected chi connectivity index (χ4v) is 4.71. The number of rotatable bonds is 3. The number of aromatic nitrogens is 2. The van der Waals surface area contributed by atoms with Gasteiger partial charge < -0.3 is 4.74 Å². The number of halogens is 2. The Morgan fingerprint density at radius 2 is 1.87 bits per heavy atom. The lowest BCUT2D eigenvalue weighted by molar-refractivity contribution is 0.297. The Labute approximate surface area is 148 Å². The molecule has 1 aromatic carbocycles. The Morgan fingerprint density at radius 3 is 2.70 bits per heavy atom. The third kappa shape index (κ3) is 2.80. The molecule has 23 heavy (non-hydrogen) atoms. The minimum absolute atomic E-state index is 0.301. The molecule has 0 amide bonds. The van der Waals surface area contributed by atoms with Gasteiger partial charge in [0.2, 0.25) is 5.88 Å². The second kappa shape index (κ2) is 6.27. The summed E-state index contributed by atoms with van der Waals surface area (Å²) in [4.78, 5) is 11.2. The number of hydrogen-bond donors (Lipinski definition) is 0. The fraction of sp³-hybridized carbons (Fsp3) is 0.294. The third-order valence-electron chi connectivity index (χ3n) is 4.13. The summed E-state index contributed by atoms with van der Waals surface area (Å²) in [5, 5.41) is 2.28. The predicted molar refractivity (Wildman–Crippen MR) is 94.9 cm³/mol. The van der Waals surface area contributed by atoms with Crippen molar-refractivity contribution in [2.24, 2.45) is 0 Å². The molecular weight excluding hydrogens is 351 g/mol. The highest BCUT2D eigenvalue weighted by atomic mass is 35.5. The van der Waals surface area contributed by atoms with Gasteiger partial charge in [0.05, 0.1) is 5.39 Å². The van der Waals surface area contributed by atoms with Crippen molar-refractivity contribution >= 4 is 44.8 Å². The Bertz CT molecular complexity index is 858. The van der Waals surface area contributed by atoms with Crippen molar-refractivity contribution < 1.29 is 4.74 Å². The number of benzene rings is 1. The normalized spacial score (nSPS) is 14.0. The molecule has 2 aromatic heterocycles. The smallest absolute Gasteiger partial charge is 0.225 e. The van der Waals surface area contributed by atoms with Crippen LogP contribution in [0.15, 0.2) is 24.5 Å². The lowest BCUT2D eigenvalue weighted by Gasteiger charge is -2.12. The van der Waals surface area contributed by atoms with Crippen LogP contribution in [0, 0.1) is 0 Å². The number of thiophene rings is 1. The average Bonchev–Trinajstić information content (AvgIpc) is 2.93. The van der Waals surface area contributed by atoms with E-state index in [0.717, 1.165) is 28.6 Å². The van der Waals surface area contributed by atoms with Gasteiger partial charge in [-0.2, -0.15) is 0 Å². The fourth-order valence-electron chi connectivity index (χ4n) is 2.98. The monoisotopic (exact) mass is 364 g/mol. The molecule has 0 fully saturated rings. The average molecular weight is 365 g/mol. The van der Waals surface area contributed by atoms with Gasteiger partial charge in [0.25, 0.3) is 0 Å². The largest absolute Gasteiger partial charge is 0.472 e. The summed E-state index contributed by atoms with van der Waals surface area (Å²) < 4.78 is 5.98. The van der Waals surface area contributed by atoms with Crippen molar-refractivity contribution in [2.45, 2.75) is 32.3 Å². The van der Waals surface area contributed by atoms with E-state index >= 15 is 0 Å². The molecule has 4 rings (SSSR count). The van der Waals surface area contributed by atoms with Crippen molar-refractivity contribution in [3.05, 3.63) is 50.6 Å². The lowest BCUT2D eigenvalue weighted by atomic mass is 9.97. The highest BCUT2D eigenvalue weighted by molar-refractivity contribution is 7.18. The van der Waals surface area contributed by atoms with Gasteiger partial charge in [0.15, 0.2) is 0 Å². The summed E-state index contributed by atoms with van der Waals surface area (Å²) >= 11 is 14.2. The van der Waals surface area contributed by atoms with Crippen LogP contribution in [0.4, 0.5) is 0 Å². The SMILES string of the molecule is Clc1cccc(Cl)c1COc1ncnc2sc3c(c12)CCCC3. The van der Waals surface area contributed by atoms with Crippen LogP contribution in [-0.4, -0.2) is 9.97 Å². The first-order valence-corrected chi connectivity index (χ1v) is 9.12. The summed E-state index contributed by atoms with van der Waals surface area (Å²) in [5.74, 6) is 0.630. The summed E-state index contributed by atoms with van der Waals surface area (Å²) in [7, 11) is 0. The molecule has 0 saturated heterocycles. The Hall–Kier alpha value is -1.36. The molecular formula is C17H14Cl2N2OS. The van der Waals surface area contributed by atoms with Gasteiger partial charge in [-0.3, -0.25) is 0 Å². The molecule has 118 valence electrons. The van der Waals surface area contributed by atoms with E-state index in [1.165, 1.54) is 23.3 Å². The molecule has 0 atom stereocenters. The molecule has 0 saturated carbocycles. The number of hydrogen-bond acceptors (Lipinski definition) is 4. The van der Waals surface area contributed by atoms with Crippen molar-refractivity contribution in [1.29, 1.82) is 0 Å². The molecule has 1 aliphatic rings. The number of aryl methyl sites for hydroxylation is 2. The van der Waals surface area contributed by atoms with Crippen LogP contribution in [0.1, 0.15) is 28.8 Å². The summed E-state index contributed by atoms with van der Waals surface area (Å²) in [6.45, 7) is 0.301. The van der Waals surface area contributed by atoms with Crippen LogP contribution in [0.2, 0.25) is 10.0 Å². The van der Waals surface area contributed by atoms with Crippen LogP contribution in [0.5, 0.6) is 5.88 Å². The number of ether oxygens (including phenoxy) is 1. The molecule has 0 unspecified atom stereocenters. The van der Waals surface area contributed by atoms with Gasteiger partial charge in [0.1, 0.15) is 17.8 Å². The van der Waals surface area contributed by atoms with Crippen LogP contribution >= 0.6 is 34.5 Å². The zero-order valence-electron chi connectivity index (χ0n) is 12.3. The molecule has 2 heterocycles. The minimum atomic E-state index is 0.301. The molecule has 0 N–H and O–H groups in total. The molecule has 0 spiro atoms. The highest BCUT2D eigenvalue weighted by Crippen LogP contribution is 2.39. The zero-order valence-corrected chi connectivity index (χ0v) is 14.6. The third-order valence-corrected chi connectivity index (χ3v) is 6.04. The second-order valence-electron chi connectivity index (χ2n) is 5.56. The van der Waals surface area contributed by atoms with E-state index < -0.39 is 0 Å². The first-order valence-electron chi connectivity index (χ1n) is 7.55. The maximum absolute atomic E-state index is 6.21. The minimum Gasteiger partial charge on any atom is -0.472 e. The molecule has 0 aliphatic heterocycles. The van der Waals surface area contributed by atoms with E-state index in [9.17, 15) is 0 Å². The number of fused-ring (bicyclic) bond motifs is 3. The molecule has 6 heteroatoms. The van der Waals surface area contributed by atoms with Gasteiger partial charge in [-0.15, -0.1) is 11.3 Å². The van der Waals surface area contributed by atoms with Gasteiger partial charge in [-0.25, -0.2) is 9.97 Å². The summed E-state index contributed by atoms with van der Waals surface area (Å²) in [6.07, 6.45) is 6.23. The standard InChI is InChI=1S/C17H14Cl2N2OS/c18-12-5-3-6-13(19)11(12)8-22-16-15-10-4-1-2-7-14(10)23-17(15)21-9-20-16/h3,5-6,9H,1-2,4,7-8H2. The van der Waals surface area contributed by atoms with E-state index in [2.05, 4.69) is 9.97 Å². The van der Waals surface area contributed by atoms with Gasteiger partial charge in [0, 0.05) is 20.5 Å². The van der Waals surface area contributed by atoms with Crippen molar-refractivity contribution in [2.75, 3.05) is 0 Å². The summed E-state index contributed by atoms with van der Waals surface area (Å²) in [5.41, 5.74) is 2.14. The first kappa shape index (κ1) is 15.2. The van der Waals surface area contributed by atoms with Crippen LogP contribution in [0.3, 0.4) is 0 Å². The lowest BCUT2D eigenvalue weighted by Crippen LogP contribution is -2.02. The van der Waals surface area contributed by atoms with Gasteiger partial charge in [-0.05, 0) is 43.4 Å². The van der Waals surface area contributed by atoms with Crippen LogP contribution < -0.4 is 4.74 Å². The zero-order chi connectivity index (χ0) is 15.8.